The predicted octanol–water partition coefficient (Wildman–Crippen LogP) is 2.54. The molecular weight excluding hydrogens is 245 g/mol. The second-order valence-electron chi connectivity index (χ2n) is 3.92. The van der Waals surface area contributed by atoms with Crippen molar-refractivity contribution in [1.82, 2.24) is 9.78 Å². The first-order chi connectivity index (χ1) is 8.52. The van der Waals surface area contributed by atoms with Gasteiger partial charge >= 0.3 is 0 Å². The Bertz CT molecular complexity index is 631. The molecule has 2 rings (SSSR count). The maximum Gasteiger partial charge on any atom is 0.271 e. The van der Waals surface area contributed by atoms with E-state index in [-0.39, 0.29) is 5.69 Å². The van der Waals surface area contributed by atoms with E-state index < -0.39 is 23.0 Å². The van der Waals surface area contributed by atoms with Gasteiger partial charge < -0.3 is 0 Å². The van der Waals surface area contributed by atoms with Crippen molar-refractivity contribution in [3.8, 4) is 5.69 Å². The molecule has 0 aliphatic rings. The quantitative estimate of drug-likeness (QED) is 0.842. The van der Waals surface area contributed by atoms with E-state index in [9.17, 15) is 18.0 Å². The molecule has 2 aromatic rings. The van der Waals surface area contributed by atoms with Crippen LogP contribution in [0.25, 0.3) is 5.69 Å². The van der Waals surface area contributed by atoms with Crippen LogP contribution in [-0.2, 0) is 6.42 Å². The SMILES string of the molecule is CCCc1cc(=O)n(-c2cc(F)c(F)cc2F)[nH]1. The smallest absolute Gasteiger partial charge is 0.271 e. The summed E-state index contributed by atoms with van der Waals surface area (Å²) in [5, 5.41) is 2.66. The van der Waals surface area contributed by atoms with Gasteiger partial charge in [-0.1, -0.05) is 13.3 Å². The maximum absolute atomic E-state index is 13.5. The summed E-state index contributed by atoms with van der Waals surface area (Å²) in [7, 11) is 0. The van der Waals surface area contributed by atoms with E-state index >= 15 is 0 Å². The monoisotopic (exact) mass is 256 g/mol. The molecule has 0 unspecified atom stereocenters. The third kappa shape index (κ3) is 2.18. The zero-order valence-corrected chi connectivity index (χ0v) is 9.64. The Labute approximate surface area is 101 Å². The number of nitrogens with one attached hydrogen (secondary N) is 1. The summed E-state index contributed by atoms with van der Waals surface area (Å²) in [6.45, 7) is 1.92. The van der Waals surface area contributed by atoms with Crippen LogP contribution < -0.4 is 5.56 Å². The number of aromatic amines is 1. The fourth-order valence-corrected chi connectivity index (χ4v) is 1.70. The van der Waals surface area contributed by atoms with Gasteiger partial charge in [0.1, 0.15) is 5.69 Å². The predicted molar refractivity (Wildman–Crippen MR) is 60.3 cm³/mol. The second kappa shape index (κ2) is 4.72. The molecule has 1 aromatic carbocycles. The van der Waals surface area contributed by atoms with Crippen LogP contribution in [0, 0.1) is 17.5 Å². The molecule has 0 spiro atoms. The maximum atomic E-state index is 13.5. The first kappa shape index (κ1) is 12.5. The fourth-order valence-electron chi connectivity index (χ4n) is 1.70. The third-order valence-electron chi connectivity index (χ3n) is 2.52. The van der Waals surface area contributed by atoms with Gasteiger partial charge in [0, 0.05) is 23.9 Å². The van der Waals surface area contributed by atoms with Crippen molar-refractivity contribution in [3.05, 3.63) is 51.7 Å². The number of aromatic nitrogens is 2. The van der Waals surface area contributed by atoms with E-state index in [1.807, 2.05) is 6.92 Å². The summed E-state index contributed by atoms with van der Waals surface area (Å²) in [5.74, 6) is -3.49. The van der Waals surface area contributed by atoms with Crippen LogP contribution in [0.4, 0.5) is 13.2 Å². The van der Waals surface area contributed by atoms with E-state index in [1.165, 1.54) is 6.07 Å². The lowest BCUT2D eigenvalue weighted by molar-refractivity contribution is 0.491. The average molecular weight is 256 g/mol. The number of benzene rings is 1. The highest BCUT2D eigenvalue weighted by Gasteiger charge is 2.14. The van der Waals surface area contributed by atoms with Crippen LogP contribution >= 0.6 is 0 Å². The van der Waals surface area contributed by atoms with E-state index in [4.69, 9.17) is 0 Å². The zero-order chi connectivity index (χ0) is 13.3. The number of halogens is 3. The molecule has 96 valence electrons. The molecule has 0 aliphatic carbocycles. The Morgan fingerprint density at radius 3 is 2.44 bits per heavy atom. The normalized spacial score (nSPS) is 10.9. The highest BCUT2D eigenvalue weighted by Crippen LogP contribution is 2.16. The van der Waals surface area contributed by atoms with Crippen molar-refractivity contribution in [3.63, 3.8) is 0 Å². The highest BCUT2D eigenvalue weighted by molar-refractivity contribution is 5.34. The van der Waals surface area contributed by atoms with Crippen LogP contribution in [-0.4, -0.2) is 9.78 Å². The molecule has 0 amide bonds. The van der Waals surface area contributed by atoms with E-state index in [0.717, 1.165) is 11.1 Å². The van der Waals surface area contributed by atoms with Crippen molar-refractivity contribution >= 4 is 0 Å². The topological polar surface area (TPSA) is 37.8 Å². The first-order valence-corrected chi connectivity index (χ1v) is 5.48. The first-order valence-electron chi connectivity index (χ1n) is 5.48. The lowest BCUT2D eigenvalue weighted by Gasteiger charge is -2.04. The molecule has 0 radical (unpaired) electrons. The van der Waals surface area contributed by atoms with Crippen LogP contribution in [0.5, 0.6) is 0 Å². The summed E-state index contributed by atoms with van der Waals surface area (Å²) in [6, 6.07) is 2.37. The number of rotatable bonds is 3. The lowest BCUT2D eigenvalue weighted by atomic mass is 10.3. The van der Waals surface area contributed by atoms with Crippen LogP contribution in [0.1, 0.15) is 19.0 Å². The van der Waals surface area contributed by atoms with E-state index in [1.54, 1.807) is 0 Å². The summed E-state index contributed by atoms with van der Waals surface area (Å²) in [6.07, 6.45) is 1.42. The van der Waals surface area contributed by atoms with Crippen LogP contribution in [0.15, 0.2) is 23.0 Å². The Kier molecular flexibility index (Phi) is 3.27. The van der Waals surface area contributed by atoms with Crippen molar-refractivity contribution in [2.24, 2.45) is 0 Å². The van der Waals surface area contributed by atoms with Crippen molar-refractivity contribution in [2.45, 2.75) is 19.8 Å². The number of aryl methyl sites for hydroxylation is 1. The van der Waals surface area contributed by atoms with Gasteiger partial charge in [-0.2, -0.15) is 0 Å². The minimum Gasteiger partial charge on any atom is -0.295 e. The summed E-state index contributed by atoms with van der Waals surface area (Å²) >= 11 is 0. The second-order valence-corrected chi connectivity index (χ2v) is 3.92. The molecule has 3 nitrogen and oxygen atoms in total. The van der Waals surface area contributed by atoms with Crippen molar-refractivity contribution in [1.29, 1.82) is 0 Å². The van der Waals surface area contributed by atoms with Crippen molar-refractivity contribution in [2.75, 3.05) is 0 Å². The molecule has 1 aromatic heterocycles. The van der Waals surface area contributed by atoms with Gasteiger partial charge in [0.25, 0.3) is 5.56 Å². The number of hydrogen-bond donors (Lipinski definition) is 1. The molecule has 0 saturated carbocycles. The largest absolute Gasteiger partial charge is 0.295 e. The van der Waals surface area contributed by atoms with Gasteiger partial charge in [0.05, 0.1) is 0 Å². The molecule has 18 heavy (non-hydrogen) atoms. The van der Waals surface area contributed by atoms with Gasteiger partial charge in [-0.05, 0) is 6.42 Å². The van der Waals surface area contributed by atoms with Crippen LogP contribution in [0.3, 0.4) is 0 Å². The zero-order valence-electron chi connectivity index (χ0n) is 9.64. The van der Waals surface area contributed by atoms with Gasteiger partial charge in [-0.25, -0.2) is 17.9 Å². The minimum atomic E-state index is -1.29. The summed E-state index contributed by atoms with van der Waals surface area (Å²) in [4.78, 5) is 11.6. The number of nitrogens with zero attached hydrogens (tertiary/aromatic N) is 1. The number of hydrogen-bond acceptors (Lipinski definition) is 1. The molecule has 1 heterocycles. The highest BCUT2D eigenvalue weighted by atomic mass is 19.2. The molecule has 0 bridgehead atoms. The summed E-state index contributed by atoms with van der Waals surface area (Å²) in [5.41, 5.74) is -0.226. The van der Waals surface area contributed by atoms with Gasteiger partial charge in [0.15, 0.2) is 17.5 Å². The fraction of sp³-hybridized carbons (Fsp3) is 0.250. The van der Waals surface area contributed by atoms with E-state index in [2.05, 4.69) is 5.10 Å². The molecule has 1 N–H and O–H groups in total. The summed E-state index contributed by atoms with van der Waals surface area (Å²) < 4.78 is 40.2. The average Bonchev–Trinajstić information content (AvgIpc) is 2.65. The lowest BCUT2D eigenvalue weighted by Crippen LogP contribution is -2.15. The van der Waals surface area contributed by atoms with Gasteiger partial charge in [-0.3, -0.25) is 9.89 Å². The molecular formula is C12H11F3N2O. The Morgan fingerprint density at radius 1 is 1.11 bits per heavy atom. The molecule has 0 fully saturated rings. The Hall–Kier alpha value is -1.98. The van der Waals surface area contributed by atoms with E-state index in [0.29, 0.717) is 24.2 Å². The van der Waals surface area contributed by atoms with Gasteiger partial charge in [0.2, 0.25) is 0 Å². The standard InChI is InChI=1S/C12H11F3N2O/c1-2-3-7-4-12(18)17(16-7)11-6-9(14)8(13)5-10(11)15/h4-6,16H,2-3H2,1H3. The minimum absolute atomic E-state index is 0.332. The van der Waals surface area contributed by atoms with Gasteiger partial charge in [-0.15, -0.1) is 0 Å². The van der Waals surface area contributed by atoms with Crippen molar-refractivity contribution < 1.29 is 13.2 Å². The van der Waals surface area contributed by atoms with Crippen LogP contribution in [0.2, 0.25) is 0 Å². The molecule has 0 saturated heterocycles. The molecule has 0 aliphatic heterocycles. The molecule has 6 heteroatoms. The molecule has 0 atom stereocenters. The third-order valence-corrected chi connectivity index (χ3v) is 2.52. The Morgan fingerprint density at radius 2 is 1.78 bits per heavy atom. The number of H-pyrrole nitrogens is 1. The Balaban J connectivity index is 2.55.